The van der Waals surface area contributed by atoms with E-state index in [0.29, 0.717) is 25.9 Å². The molecule has 1 aliphatic heterocycles. The number of carboxylic acid groups (broad SMARTS) is 1. The number of ether oxygens (including phenoxy) is 1. The smallest absolute Gasteiger partial charge is 0.410 e. The van der Waals surface area contributed by atoms with Crippen LogP contribution in [-0.2, 0) is 20.9 Å². The Bertz CT molecular complexity index is 655. The van der Waals surface area contributed by atoms with Gasteiger partial charge in [0, 0.05) is 24.8 Å². The van der Waals surface area contributed by atoms with Crippen LogP contribution in [0.5, 0.6) is 0 Å². The first-order chi connectivity index (χ1) is 12.9. The number of thiol groups is 1. The number of carbonyl (C=O) groups excluding carboxylic acids is 2. The van der Waals surface area contributed by atoms with Crippen molar-refractivity contribution in [3.05, 3.63) is 35.9 Å². The van der Waals surface area contributed by atoms with Crippen LogP contribution < -0.4 is 5.32 Å². The third kappa shape index (κ3) is 6.78. The monoisotopic (exact) mass is 394 g/mol. The highest BCUT2D eigenvalue weighted by Gasteiger charge is 2.39. The van der Waals surface area contributed by atoms with Crippen LogP contribution in [0.2, 0.25) is 0 Å². The van der Waals surface area contributed by atoms with E-state index in [-0.39, 0.29) is 30.1 Å². The largest absolute Gasteiger partial charge is 0.481 e. The molecule has 0 aliphatic carbocycles. The molecule has 27 heavy (non-hydrogen) atoms. The Morgan fingerprint density at radius 3 is 2.70 bits per heavy atom. The van der Waals surface area contributed by atoms with Gasteiger partial charge in [-0.25, -0.2) is 4.79 Å². The molecule has 1 aliphatic rings. The van der Waals surface area contributed by atoms with Crippen molar-refractivity contribution < 1.29 is 24.2 Å². The van der Waals surface area contributed by atoms with Gasteiger partial charge in [-0.3, -0.25) is 14.5 Å². The highest BCUT2D eigenvalue weighted by molar-refractivity contribution is 7.81. The summed E-state index contributed by atoms with van der Waals surface area (Å²) in [6, 6.07) is 8.72. The summed E-state index contributed by atoms with van der Waals surface area (Å²) in [7, 11) is 0. The molecule has 3 atom stereocenters. The Kier molecular flexibility index (Phi) is 7.97. The summed E-state index contributed by atoms with van der Waals surface area (Å²) in [5, 5.41) is 11.5. The molecule has 8 heteroatoms. The van der Waals surface area contributed by atoms with Gasteiger partial charge in [-0.2, -0.15) is 12.6 Å². The second-order valence-corrected chi connectivity index (χ2v) is 7.61. The summed E-state index contributed by atoms with van der Waals surface area (Å²) < 4.78 is 5.33. The van der Waals surface area contributed by atoms with Crippen LogP contribution in [0, 0.1) is 5.92 Å². The predicted octanol–water partition coefficient (Wildman–Crippen LogP) is 2.31. The van der Waals surface area contributed by atoms with Gasteiger partial charge in [0.25, 0.3) is 0 Å². The minimum absolute atomic E-state index is 0.0315. The number of carboxylic acids is 1. The standard InChI is InChI=1S/C19H26N2O5S/c1-13(9-17(22)23)7-8-20-18(24)16-10-15(27)11-21(16)19(25)26-12-14-5-3-2-4-6-14/h2-6,13,15-16,27H,7-12H2,1H3,(H,20,24)(H,22,23)/t13-,15+,16-/m0/s1. The van der Waals surface area contributed by atoms with E-state index in [9.17, 15) is 14.4 Å². The zero-order valence-corrected chi connectivity index (χ0v) is 16.2. The molecule has 1 aromatic rings. The van der Waals surface area contributed by atoms with Gasteiger partial charge >= 0.3 is 12.1 Å². The summed E-state index contributed by atoms with van der Waals surface area (Å²) in [6.07, 6.45) is 0.554. The third-order valence-electron chi connectivity index (χ3n) is 4.48. The minimum atomic E-state index is -0.852. The van der Waals surface area contributed by atoms with Crippen molar-refractivity contribution in [2.24, 2.45) is 5.92 Å². The molecule has 0 unspecified atom stereocenters. The Labute approximate surface area is 164 Å². The zero-order valence-electron chi connectivity index (χ0n) is 15.3. The average molecular weight is 394 g/mol. The summed E-state index contributed by atoms with van der Waals surface area (Å²) in [6.45, 7) is 2.69. The lowest BCUT2D eigenvalue weighted by molar-refractivity contribution is -0.138. The average Bonchev–Trinajstić information content (AvgIpc) is 3.02. The van der Waals surface area contributed by atoms with Crippen molar-refractivity contribution in [2.45, 2.75) is 44.1 Å². The molecule has 2 amide bonds. The zero-order chi connectivity index (χ0) is 19.8. The Balaban J connectivity index is 1.83. The van der Waals surface area contributed by atoms with E-state index in [0.717, 1.165) is 5.56 Å². The molecule has 148 valence electrons. The molecule has 1 saturated heterocycles. The summed E-state index contributed by atoms with van der Waals surface area (Å²) in [5.74, 6) is -1.14. The number of hydrogen-bond donors (Lipinski definition) is 3. The van der Waals surface area contributed by atoms with Crippen LogP contribution in [0.4, 0.5) is 4.79 Å². The van der Waals surface area contributed by atoms with Gasteiger partial charge in [0.1, 0.15) is 12.6 Å². The first kappa shape index (κ1) is 21.1. The lowest BCUT2D eigenvalue weighted by atomic mass is 10.0. The number of carbonyl (C=O) groups is 3. The van der Waals surface area contributed by atoms with Crippen molar-refractivity contribution in [1.82, 2.24) is 10.2 Å². The minimum Gasteiger partial charge on any atom is -0.481 e. The fourth-order valence-corrected chi connectivity index (χ4v) is 3.40. The molecule has 0 radical (unpaired) electrons. The highest BCUT2D eigenvalue weighted by atomic mass is 32.1. The SMILES string of the molecule is C[C@@H](CCNC(=O)[C@@H]1C[C@@H](S)CN1C(=O)OCc1ccccc1)CC(=O)O. The second-order valence-electron chi connectivity index (χ2n) is 6.88. The molecule has 2 N–H and O–H groups in total. The van der Waals surface area contributed by atoms with E-state index in [1.807, 2.05) is 37.3 Å². The van der Waals surface area contributed by atoms with Crippen molar-refractivity contribution in [1.29, 1.82) is 0 Å². The number of rotatable bonds is 8. The Hall–Kier alpha value is -2.22. The fraction of sp³-hybridized carbons (Fsp3) is 0.526. The molecule has 1 fully saturated rings. The quantitative estimate of drug-likeness (QED) is 0.588. The number of hydrogen-bond acceptors (Lipinski definition) is 5. The van der Waals surface area contributed by atoms with Gasteiger partial charge in [-0.05, 0) is 24.3 Å². The number of likely N-dealkylation sites (tertiary alicyclic amines) is 1. The maximum Gasteiger partial charge on any atom is 0.410 e. The lowest BCUT2D eigenvalue weighted by Gasteiger charge is -2.23. The third-order valence-corrected chi connectivity index (χ3v) is 4.85. The molecule has 2 rings (SSSR count). The van der Waals surface area contributed by atoms with Crippen LogP contribution in [0.25, 0.3) is 0 Å². The normalized spacial score (nSPS) is 20.1. The van der Waals surface area contributed by atoms with Gasteiger partial charge in [-0.1, -0.05) is 37.3 Å². The molecule has 1 aromatic carbocycles. The molecular weight excluding hydrogens is 368 g/mol. The Morgan fingerprint density at radius 1 is 1.33 bits per heavy atom. The molecule has 0 spiro atoms. The molecule has 7 nitrogen and oxygen atoms in total. The van der Waals surface area contributed by atoms with E-state index in [1.165, 1.54) is 4.90 Å². The number of benzene rings is 1. The number of nitrogens with zero attached hydrogens (tertiary/aromatic N) is 1. The van der Waals surface area contributed by atoms with Gasteiger partial charge < -0.3 is 15.2 Å². The number of amides is 2. The van der Waals surface area contributed by atoms with Crippen LogP contribution in [0.15, 0.2) is 30.3 Å². The summed E-state index contributed by atoms with van der Waals surface area (Å²) in [5.41, 5.74) is 0.876. The number of aliphatic carboxylic acids is 1. The van der Waals surface area contributed by atoms with Crippen LogP contribution in [0.3, 0.4) is 0 Å². The van der Waals surface area contributed by atoms with Crippen molar-refractivity contribution >= 4 is 30.6 Å². The topological polar surface area (TPSA) is 95.9 Å². The molecular formula is C19H26N2O5S. The second kappa shape index (κ2) is 10.2. The lowest BCUT2D eigenvalue weighted by Crippen LogP contribution is -2.46. The molecule has 0 bridgehead atoms. The van der Waals surface area contributed by atoms with Gasteiger partial charge in [0.05, 0.1) is 0 Å². The van der Waals surface area contributed by atoms with E-state index in [4.69, 9.17) is 9.84 Å². The van der Waals surface area contributed by atoms with Crippen molar-refractivity contribution in [3.63, 3.8) is 0 Å². The predicted molar refractivity (Wildman–Crippen MR) is 104 cm³/mol. The maximum atomic E-state index is 12.5. The van der Waals surface area contributed by atoms with E-state index in [1.54, 1.807) is 0 Å². The molecule has 0 saturated carbocycles. The summed E-state index contributed by atoms with van der Waals surface area (Å²) in [4.78, 5) is 37.0. The van der Waals surface area contributed by atoms with E-state index >= 15 is 0 Å². The van der Waals surface area contributed by atoms with E-state index in [2.05, 4.69) is 17.9 Å². The first-order valence-electron chi connectivity index (χ1n) is 9.01. The van der Waals surface area contributed by atoms with Gasteiger partial charge in [-0.15, -0.1) is 0 Å². The van der Waals surface area contributed by atoms with Gasteiger partial charge in [0.15, 0.2) is 0 Å². The summed E-state index contributed by atoms with van der Waals surface area (Å²) >= 11 is 4.40. The van der Waals surface area contributed by atoms with E-state index < -0.39 is 18.1 Å². The van der Waals surface area contributed by atoms with Crippen molar-refractivity contribution in [3.8, 4) is 0 Å². The maximum absolute atomic E-state index is 12.5. The van der Waals surface area contributed by atoms with Crippen LogP contribution in [0.1, 0.15) is 31.7 Å². The molecule has 1 heterocycles. The number of nitrogens with one attached hydrogen (secondary N) is 1. The highest BCUT2D eigenvalue weighted by Crippen LogP contribution is 2.23. The Morgan fingerprint density at radius 2 is 2.04 bits per heavy atom. The first-order valence-corrected chi connectivity index (χ1v) is 9.53. The molecule has 0 aromatic heterocycles. The van der Waals surface area contributed by atoms with Gasteiger partial charge in [0.2, 0.25) is 5.91 Å². The fourth-order valence-electron chi connectivity index (χ4n) is 3.03. The van der Waals surface area contributed by atoms with Crippen molar-refractivity contribution in [2.75, 3.05) is 13.1 Å². The van der Waals surface area contributed by atoms with Crippen LogP contribution in [-0.4, -0.2) is 52.4 Å². The van der Waals surface area contributed by atoms with Crippen LogP contribution >= 0.6 is 12.6 Å².